The van der Waals surface area contributed by atoms with E-state index in [-0.39, 0.29) is 0 Å². The van der Waals surface area contributed by atoms with E-state index in [9.17, 15) is 4.79 Å². The fourth-order valence-corrected chi connectivity index (χ4v) is 2.75. The van der Waals surface area contributed by atoms with Gasteiger partial charge in [-0.05, 0) is 50.7 Å². The van der Waals surface area contributed by atoms with Crippen molar-refractivity contribution in [3.63, 3.8) is 0 Å². The van der Waals surface area contributed by atoms with Crippen LogP contribution < -0.4 is 10.6 Å². The first-order valence-corrected chi connectivity index (χ1v) is 7.36. The van der Waals surface area contributed by atoms with Crippen molar-refractivity contribution in [2.45, 2.75) is 44.6 Å². The number of aryl methyl sites for hydroxylation is 1. The number of para-hydroxylation sites is 1. The van der Waals surface area contributed by atoms with E-state index >= 15 is 0 Å². The first kappa shape index (κ1) is 14.9. The number of hydrogen-bond donors (Lipinski definition) is 2. The number of carbonyl (C=O) groups is 1. The summed E-state index contributed by atoms with van der Waals surface area (Å²) in [5.74, 6) is -0.916. The standard InChI is InChI=1S/C16H24N2O2/c1-16(17,15(19)20)10-4-5-11-18-12-6-8-13-7-2-3-9-14(13)18/h2-3,7,9H,4-6,8,10-12,17H2,1H3,(H,19,20). The molecular formula is C16H24N2O2. The number of fused-ring (bicyclic) bond motifs is 1. The van der Waals surface area contributed by atoms with Gasteiger partial charge in [0, 0.05) is 18.8 Å². The van der Waals surface area contributed by atoms with E-state index < -0.39 is 11.5 Å². The lowest BCUT2D eigenvalue weighted by molar-refractivity contribution is -0.142. The third kappa shape index (κ3) is 3.51. The number of benzene rings is 1. The number of nitrogens with two attached hydrogens (primary N) is 1. The van der Waals surface area contributed by atoms with Crippen LogP contribution in [0.3, 0.4) is 0 Å². The van der Waals surface area contributed by atoms with Gasteiger partial charge < -0.3 is 15.7 Å². The molecule has 0 fully saturated rings. The van der Waals surface area contributed by atoms with Crippen molar-refractivity contribution in [3.8, 4) is 0 Å². The van der Waals surface area contributed by atoms with Crippen LogP contribution in [0, 0.1) is 0 Å². The fraction of sp³-hybridized carbons (Fsp3) is 0.562. The number of rotatable bonds is 6. The van der Waals surface area contributed by atoms with Gasteiger partial charge in [-0.25, -0.2) is 0 Å². The molecule has 1 heterocycles. The molecular weight excluding hydrogens is 252 g/mol. The Kier molecular flexibility index (Phi) is 4.65. The monoisotopic (exact) mass is 276 g/mol. The maximum absolute atomic E-state index is 10.9. The van der Waals surface area contributed by atoms with E-state index in [0.29, 0.717) is 6.42 Å². The lowest BCUT2D eigenvalue weighted by Crippen LogP contribution is -2.44. The Morgan fingerprint density at radius 3 is 2.90 bits per heavy atom. The molecule has 0 aliphatic carbocycles. The summed E-state index contributed by atoms with van der Waals surface area (Å²) in [6, 6.07) is 8.55. The summed E-state index contributed by atoms with van der Waals surface area (Å²) in [7, 11) is 0. The van der Waals surface area contributed by atoms with Crippen LogP contribution in [0.25, 0.3) is 0 Å². The summed E-state index contributed by atoms with van der Waals surface area (Å²) in [5.41, 5.74) is 7.41. The van der Waals surface area contributed by atoms with Crippen molar-refractivity contribution in [2.75, 3.05) is 18.0 Å². The number of hydrogen-bond acceptors (Lipinski definition) is 3. The topological polar surface area (TPSA) is 66.6 Å². The average molecular weight is 276 g/mol. The Morgan fingerprint density at radius 2 is 2.15 bits per heavy atom. The number of aliphatic carboxylic acids is 1. The number of carboxylic acids is 1. The highest BCUT2D eigenvalue weighted by Crippen LogP contribution is 2.27. The molecule has 1 atom stereocenters. The van der Waals surface area contributed by atoms with Crippen LogP contribution in [0.15, 0.2) is 24.3 Å². The van der Waals surface area contributed by atoms with Crippen molar-refractivity contribution in [1.29, 1.82) is 0 Å². The SMILES string of the molecule is CC(N)(CCCCN1CCCc2ccccc21)C(=O)O. The van der Waals surface area contributed by atoms with E-state index in [4.69, 9.17) is 10.8 Å². The minimum atomic E-state index is -1.10. The summed E-state index contributed by atoms with van der Waals surface area (Å²) >= 11 is 0. The Bertz CT molecular complexity index is 471. The zero-order valence-corrected chi connectivity index (χ0v) is 12.1. The first-order valence-electron chi connectivity index (χ1n) is 7.36. The predicted octanol–water partition coefficient (Wildman–Crippen LogP) is 2.41. The minimum absolute atomic E-state index is 0.526. The van der Waals surface area contributed by atoms with E-state index in [2.05, 4.69) is 29.2 Å². The lowest BCUT2D eigenvalue weighted by Gasteiger charge is -2.31. The van der Waals surface area contributed by atoms with Gasteiger partial charge in [-0.2, -0.15) is 0 Å². The van der Waals surface area contributed by atoms with Crippen LogP contribution in [0.5, 0.6) is 0 Å². The van der Waals surface area contributed by atoms with Crippen molar-refractivity contribution in [2.24, 2.45) is 5.73 Å². The van der Waals surface area contributed by atoms with Crippen LogP contribution >= 0.6 is 0 Å². The normalized spacial score (nSPS) is 17.4. The van der Waals surface area contributed by atoms with Gasteiger partial charge >= 0.3 is 5.97 Å². The van der Waals surface area contributed by atoms with Gasteiger partial charge in [-0.15, -0.1) is 0 Å². The lowest BCUT2D eigenvalue weighted by atomic mass is 9.96. The second-order valence-corrected chi connectivity index (χ2v) is 5.90. The minimum Gasteiger partial charge on any atom is -0.480 e. The van der Waals surface area contributed by atoms with Gasteiger partial charge in [-0.1, -0.05) is 18.2 Å². The van der Waals surface area contributed by atoms with Crippen LogP contribution in [0.4, 0.5) is 5.69 Å². The molecule has 1 aromatic rings. The molecule has 1 aliphatic heterocycles. The number of carboxylic acid groups (broad SMARTS) is 1. The molecule has 0 bridgehead atoms. The zero-order chi connectivity index (χ0) is 14.6. The fourth-order valence-electron chi connectivity index (χ4n) is 2.75. The second kappa shape index (κ2) is 6.27. The summed E-state index contributed by atoms with van der Waals surface area (Å²) in [6.07, 6.45) is 4.71. The molecule has 20 heavy (non-hydrogen) atoms. The maximum Gasteiger partial charge on any atom is 0.323 e. The molecule has 2 rings (SSSR count). The highest BCUT2D eigenvalue weighted by atomic mass is 16.4. The molecule has 0 aromatic heterocycles. The molecule has 110 valence electrons. The second-order valence-electron chi connectivity index (χ2n) is 5.90. The van der Waals surface area contributed by atoms with E-state index in [1.54, 1.807) is 6.92 Å². The number of anilines is 1. The van der Waals surface area contributed by atoms with Gasteiger partial charge in [0.1, 0.15) is 5.54 Å². The van der Waals surface area contributed by atoms with Gasteiger partial charge in [0.05, 0.1) is 0 Å². The first-order chi connectivity index (χ1) is 9.50. The van der Waals surface area contributed by atoms with Gasteiger partial charge in [0.25, 0.3) is 0 Å². The molecule has 0 saturated heterocycles. The summed E-state index contributed by atoms with van der Waals surface area (Å²) in [6.45, 7) is 3.66. The van der Waals surface area contributed by atoms with E-state index in [0.717, 1.165) is 32.4 Å². The average Bonchev–Trinajstić information content (AvgIpc) is 2.43. The molecule has 1 aliphatic rings. The van der Waals surface area contributed by atoms with Crippen molar-refractivity contribution in [1.82, 2.24) is 0 Å². The molecule has 0 spiro atoms. The van der Waals surface area contributed by atoms with Crippen LogP contribution in [-0.4, -0.2) is 29.7 Å². The molecule has 0 radical (unpaired) electrons. The summed E-state index contributed by atoms with van der Waals surface area (Å²) < 4.78 is 0. The molecule has 1 unspecified atom stereocenters. The maximum atomic E-state index is 10.9. The number of nitrogens with zero attached hydrogens (tertiary/aromatic N) is 1. The molecule has 4 nitrogen and oxygen atoms in total. The quantitative estimate of drug-likeness (QED) is 0.783. The largest absolute Gasteiger partial charge is 0.480 e. The number of unbranched alkanes of at least 4 members (excludes halogenated alkanes) is 1. The van der Waals surface area contributed by atoms with Gasteiger partial charge in [0.15, 0.2) is 0 Å². The van der Waals surface area contributed by atoms with Crippen molar-refractivity contribution >= 4 is 11.7 Å². The summed E-state index contributed by atoms with van der Waals surface area (Å²) in [4.78, 5) is 13.4. The smallest absolute Gasteiger partial charge is 0.323 e. The summed E-state index contributed by atoms with van der Waals surface area (Å²) in [5, 5.41) is 8.98. The Balaban J connectivity index is 1.83. The van der Waals surface area contributed by atoms with Crippen LogP contribution in [0.2, 0.25) is 0 Å². The Hall–Kier alpha value is -1.55. The van der Waals surface area contributed by atoms with Gasteiger partial charge in [0.2, 0.25) is 0 Å². The van der Waals surface area contributed by atoms with Gasteiger partial charge in [-0.3, -0.25) is 4.79 Å². The Morgan fingerprint density at radius 1 is 1.40 bits per heavy atom. The molecule has 0 saturated carbocycles. The van der Waals surface area contributed by atoms with Crippen molar-refractivity contribution in [3.05, 3.63) is 29.8 Å². The van der Waals surface area contributed by atoms with Crippen LogP contribution in [-0.2, 0) is 11.2 Å². The molecule has 4 heteroatoms. The van der Waals surface area contributed by atoms with E-state index in [1.165, 1.54) is 17.7 Å². The van der Waals surface area contributed by atoms with Crippen molar-refractivity contribution < 1.29 is 9.90 Å². The van der Waals surface area contributed by atoms with Crippen LogP contribution in [0.1, 0.15) is 38.2 Å². The molecule has 1 aromatic carbocycles. The molecule has 3 N–H and O–H groups in total. The molecule has 0 amide bonds. The highest BCUT2D eigenvalue weighted by Gasteiger charge is 2.27. The van der Waals surface area contributed by atoms with E-state index in [1.807, 2.05) is 0 Å². The Labute approximate surface area is 120 Å². The third-order valence-electron chi connectivity index (χ3n) is 4.07. The predicted molar refractivity (Wildman–Crippen MR) is 81.1 cm³/mol. The zero-order valence-electron chi connectivity index (χ0n) is 12.1. The highest BCUT2D eigenvalue weighted by molar-refractivity contribution is 5.77. The third-order valence-corrected chi connectivity index (χ3v) is 4.07.